The summed E-state index contributed by atoms with van der Waals surface area (Å²) in [4.78, 5) is 26.4. The standard InChI is InChI=1S/C21H19ClN4O2S2/c22-16-6-8-17(9-7-16)26-11-15(10-19(26)28)20-24-25-21(30-20)23-18(27)13-29-12-14-4-2-1-3-5-14/h1-9,15H,10-13H2,(H,23,25,27). The fourth-order valence-electron chi connectivity index (χ4n) is 3.18. The molecule has 30 heavy (non-hydrogen) atoms. The highest BCUT2D eigenvalue weighted by molar-refractivity contribution is 7.99. The summed E-state index contributed by atoms with van der Waals surface area (Å²) in [6.45, 7) is 0.538. The molecule has 4 rings (SSSR count). The van der Waals surface area contributed by atoms with Crippen molar-refractivity contribution in [3.05, 3.63) is 70.2 Å². The first-order chi connectivity index (χ1) is 14.6. The SMILES string of the molecule is O=C(CSCc1ccccc1)Nc1nnc(C2CC(=O)N(c3ccc(Cl)cc3)C2)s1. The molecule has 2 amide bonds. The van der Waals surface area contributed by atoms with Crippen molar-refractivity contribution < 1.29 is 9.59 Å². The van der Waals surface area contributed by atoms with Crippen LogP contribution in [0.15, 0.2) is 54.6 Å². The minimum Gasteiger partial charge on any atom is -0.312 e. The van der Waals surface area contributed by atoms with E-state index in [9.17, 15) is 9.59 Å². The Bertz CT molecular complexity index is 1030. The summed E-state index contributed by atoms with van der Waals surface area (Å²) < 4.78 is 0. The van der Waals surface area contributed by atoms with Gasteiger partial charge < -0.3 is 4.90 Å². The van der Waals surface area contributed by atoms with Crippen LogP contribution in [0.5, 0.6) is 0 Å². The van der Waals surface area contributed by atoms with Gasteiger partial charge in [0.1, 0.15) is 5.01 Å². The van der Waals surface area contributed by atoms with Gasteiger partial charge in [-0.2, -0.15) is 0 Å². The Hall–Kier alpha value is -2.42. The molecular weight excluding hydrogens is 440 g/mol. The van der Waals surface area contributed by atoms with Crippen LogP contribution >= 0.6 is 34.7 Å². The van der Waals surface area contributed by atoms with E-state index in [1.807, 2.05) is 42.5 Å². The van der Waals surface area contributed by atoms with E-state index in [0.717, 1.165) is 16.4 Å². The Labute approximate surface area is 187 Å². The fourth-order valence-corrected chi connectivity index (χ4v) is 4.95. The van der Waals surface area contributed by atoms with Gasteiger partial charge in [0.25, 0.3) is 0 Å². The van der Waals surface area contributed by atoms with Gasteiger partial charge >= 0.3 is 0 Å². The van der Waals surface area contributed by atoms with Crippen LogP contribution in [0.2, 0.25) is 5.02 Å². The molecule has 1 N–H and O–H groups in total. The van der Waals surface area contributed by atoms with Gasteiger partial charge in [0.15, 0.2) is 0 Å². The predicted molar refractivity (Wildman–Crippen MR) is 122 cm³/mol. The number of nitrogens with one attached hydrogen (secondary N) is 1. The zero-order valence-corrected chi connectivity index (χ0v) is 18.3. The molecule has 2 heterocycles. The average molecular weight is 459 g/mol. The molecule has 0 radical (unpaired) electrons. The molecule has 3 aromatic rings. The van der Waals surface area contributed by atoms with Crippen molar-refractivity contribution in [3.8, 4) is 0 Å². The first-order valence-electron chi connectivity index (χ1n) is 9.39. The summed E-state index contributed by atoms with van der Waals surface area (Å²) >= 11 is 8.81. The van der Waals surface area contributed by atoms with Crippen molar-refractivity contribution in [2.45, 2.75) is 18.1 Å². The lowest BCUT2D eigenvalue weighted by Gasteiger charge is -2.16. The Morgan fingerprint density at radius 3 is 2.70 bits per heavy atom. The lowest BCUT2D eigenvalue weighted by atomic mass is 10.1. The summed E-state index contributed by atoms with van der Waals surface area (Å²) in [5.74, 6) is 1.02. The summed E-state index contributed by atoms with van der Waals surface area (Å²) in [7, 11) is 0. The molecule has 1 unspecified atom stereocenters. The van der Waals surface area contributed by atoms with Crippen molar-refractivity contribution in [1.29, 1.82) is 0 Å². The second-order valence-electron chi connectivity index (χ2n) is 6.85. The third kappa shape index (κ3) is 5.19. The van der Waals surface area contributed by atoms with E-state index < -0.39 is 0 Å². The highest BCUT2D eigenvalue weighted by atomic mass is 35.5. The van der Waals surface area contributed by atoms with Gasteiger partial charge in [-0.05, 0) is 29.8 Å². The number of amides is 2. The Balaban J connectivity index is 1.30. The Morgan fingerprint density at radius 1 is 1.17 bits per heavy atom. The third-order valence-electron chi connectivity index (χ3n) is 4.64. The third-order valence-corrected chi connectivity index (χ3v) is 6.90. The van der Waals surface area contributed by atoms with Crippen LogP contribution in [-0.4, -0.2) is 34.3 Å². The molecule has 1 aromatic heterocycles. The molecule has 0 bridgehead atoms. The van der Waals surface area contributed by atoms with Crippen molar-refractivity contribution in [1.82, 2.24) is 10.2 Å². The molecule has 6 nitrogen and oxygen atoms in total. The maximum atomic E-state index is 12.4. The molecule has 1 fully saturated rings. The van der Waals surface area contributed by atoms with Crippen LogP contribution in [-0.2, 0) is 15.3 Å². The lowest BCUT2D eigenvalue weighted by Crippen LogP contribution is -2.24. The molecule has 0 aliphatic carbocycles. The molecule has 1 saturated heterocycles. The zero-order valence-electron chi connectivity index (χ0n) is 16.0. The number of anilines is 2. The van der Waals surface area contributed by atoms with Crippen LogP contribution in [0.4, 0.5) is 10.8 Å². The molecule has 2 aromatic carbocycles. The highest BCUT2D eigenvalue weighted by Gasteiger charge is 2.34. The van der Waals surface area contributed by atoms with Crippen LogP contribution in [0, 0.1) is 0 Å². The molecule has 0 spiro atoms. The summed E-state index contributed by atoms with van der Waals surface area (Å²) in [6, 6.07) is 17.2. The highest BCUT2D eigenvalue weighted by Crippen LogP contribution is 2.34. The van der Waals surface area contributed by atoms with Gasteiger partial charge in [-0.3, -0.25) is 14.9 Å². The smallest absolute Gasteiger partial charge is 0.236 e. The normalized spacial score (nSPS) is 16.1. The Morgan fingerprint density at radius 2 is 1.93 bits per heavy atom. The number of hydrogen-bond donors (Lipinski definition) is 1. The van der Waals surface area contributed by atoms with Crippen molar-refractivity contribution in [2.24, 2.45) is 0 Å². The average Bonchev–Trinajstić information content (AvgIpc) is 3.36. The second-order valence-corrected chi connectivity index (χ2v) is 9.28. The minimum atomic E-state index is -0.107. The number of rotatable bonds is 7. The summed E-state index contributed by atoms with van der Waals surface area (Å²) in [6.07, 6.45) is 0.373. The van der Waals surface area contributed by atoms with Crippen LogP contribution in [0.3, 0.4) is 0 Å². The zero-order chi connectivity index (χ0) is 20.9. The van der Waals surface area contributed by atoms with E-state index in [4.69, 9.17) is 11.6 Å². The van der Waals surface area contributed by atoms with E-state index >= 15 is 0 Å². The minimum absolute atomic E-state index is 0.0382. The van der Waals surface area contributed by atoms with E-state index in [1.54, 1.807) is 28.8 Å². The molecule has 0 saturated carbocycles. The number of carbonyl (C=O) groups excluding carboxylic acids is 2. The van der Waals surface area contributed by atoms with E-state index in [-0.39, 0.29) is 17.7 Å². The summed E-state index contributed by atoms with van der Waals surface area (Å²) in [5.41, 5.74) is 2.00. The quantitative estimate of drug-likeness (QED) is 0.560. The maximum Gasteiger partial charge on any atom is 0.236 e. The van der Waals surface area contributed by atoms with E-state index in [0.29, 0.717) is 28.9 Å². The monoisotopic (exact) mass is 458 g/mol. The largest absolute Gasteiger partial charge is 0.312 e. The first kappa shape index (κ1) is 20.8. The molecule has 1 atom stereocenters. The van der Waals surface area contributed by atoms with Gasteiger partial charge in [0, 0.05) is 35.3 Å². The van der Waals surface area contributed by atoms with Gasteiger partial charge in [-0.15, -0.1) is 22.0 Å². The van der Waals surface area contributed by atoms with Crippen LogP contribution < -0.4 is 10.2 Å². The number of aromatic nitrogens is 2. The van der Waals surface area contributed by atoms with Crippen LogP contribution in [0.25, 0.3) is 0 Å². The number of benzene rings is 2. The number of thioether (sulfide) groups is 1. The second kappa shape index (κ2) is 9.59. The van der Waals surface area contributed by atoms with Gasteiger partial charge in [-0.25, -0.2) is 0 Å². The number of halogens is 1. The van der Waals surface area contributed by atoms with Crippen molar-refractivity contribution in [2.75, 3.05) is 22.5 Å². The number of nitrogens with zero attached hydrogens (tertiary/aromatic N) is 3. The maximum absolute atomic E-state index is 12.4. The molecule has 1 aliphatic heterocycles. The number of carbonyl (C=O) groups is 2. The fraction of sp³-hybridized carbons (Fsp3) is 0.238. The number of hydrogen-bond acceptors (Lipinski definition) is 6. The van der Waals surface area contributed by atoms with Gasteiger partial charge in [0.05, 0.1) is 5.75 Å². The molecule has 9 heteroatoms. The first-order valence-corrected chi connectivity index (χ1v) is 11.7. The predicted octanol–water partition coefficient (Wildman–Crippen LogP) is 4.58. The van der Waals surface area contributed by atoms with Crippen LogP contribution in [0.1, 0.15) is 22.9 Å². The molecular formula is C21H19ClN4O2S2. The summed E-state index contributed by atoms with van der Waals surface area (Å²) in [5, 5.41) is 12.9. The topological polar surface area (TPSA) is 75.2 Å². The van der Waals surface area contributed by atoms with E-state index in [1.165, 1.54) is 16.9 Å². The van der Waals surface area contributed by atoms with Crippen molar-refractivity contribution in [3.63, 3.8) is 0 Å². The van der Waals surface area contributed by atoms with E-state index in [2.05, 4.69) is 15.5 Å². The molecule has 154 valence electrons. The van der Waals surface area contributed by atoms with Gasteiger partial charge in [0.2, 0.25) is 16.9 Å². The Kier molecular flexibility index (Phi) is 6.66. The lowest BCUT2D eigenvalue weighted by molar-refractivity contribution is -0.117. The van der Waals surface area contributed by atoms with Crippen molar-refractivity contribution >= 4 is 57.3 Å². The molecule has 1 aliphatic rings. The van der Waals surface area contributed by atoms with Gasteiger partial charge in [-0.1, -0.05) is 53.3 Å².